The number of benzene rings is 1. The Bertz CT molecular complexity index is 2610. The molecule has 1 aromatic carbocycles. The number of phosphoric ester groups is 3. The number of aliphatic hydroxyl groups is 2. The van der Waals surface area contributed by atoms with Crippen LogP contribution in [0.25, 0.3) is 11.2 Å². The predicted octanol–water partition coefficient (Wildman–Crippen LogP) is 3.92. The molecule has 2 aromatic heterocycles. The maximum absolute atomic E-state index is 12.9. The number of anilines is 1. The maximum atomic E-state index is 12.9. The van der Waals surface area contributed by atoms with Crippen LogP contribution < -0.4 is 16.4 Å². The molecule has 11 N–H and O–H groups in total. The number of carbonyl (C=O) groups excluding carboxylic acids is 3. The Balaban J connectivity index is 0.845. The number of carbonyl (C=O) groups is 4. The number of nitrogen functional groups attached to an aromatic ring is 1. The van der Waals surface area contributed by atoms with Gasteiger partial charge in [0.2, 0.25) is 11.8 Å². The summed E-state index contributed by atoms with van der Waals surface area (Å²) in [5, 5.41) is 35.9. The minimum absolute atomic E-state index is 0.00417. The zero-order valence-corrected chi connectivity index (χ0v) is 43.9. The molecule has 3 aliphatic rings. The Morgan fingerprint density at radius 2 is 1.46 bits per heavy atom. The standard InChI is InChI=1S/C45H68N7O19P3/c1-43(2,26-68-74(65,66)71-73(63,64)67-25-32-37(70-72(60,61)62)36(57)42(69-32)52-28-51-35-39(46)49-27-50-40(35)52)38(58)41(59)48-22-14-33(54)47-21-13-31(53)23-44(17-18-44)15-7-5-11-29-9-3-4-10-30(29)12-6-8-16-45(19-20-45)24-34(55)56/h3-4,9-10,27-28,32,36-38,42,57-58H,5-8,11-26H2,1-2H3,(H,47,54)(H,48,59)(H,55,56)(H,63,64)(H,65,66)(H2,46,49,50)(H2,60,61,62). The van der Waals surface area contributed by atoms with Crippen molar-refractivity contribution in [1.29, 1.82) is 0 Å². The number of aryl methyl sites for hydroxylation is 2. The first-order chi connectivity index (χ1) is 34.7. The summed E-state index contributed by atoms with van der Waals surface area (Å²) in [6.45, 7) is 0.375. The number of amides is 2. The lowest BCUT2D eigenvalue weighted by Gasteiger charge is -2.30. The van der Waals surface area contributed by atoms with Crippen LogP contribution in [-0.4, -0.2) is 129 Å². The summed E-state index contributed by atoms with van der Waals surface area (Å²) in [5.41, 5.74) is 6.97. The lowest BCUT2D eigenvalue weighted by molar-refractivity contribution is -0.139. The van der Waals surface area contributed by atoms with Gasteiger partial charge in [-0.15, -0.1) is 0 Å². The van der Waals surface area contributed by atoms with E-state index in [-0.39, 0.29) is 65.9 Å². The van der Waals surface area contributed by atoms with Gasteiger partial charge < -0.3 is 56.0 Å². The van der Waals surface area contributed by atoms with Gasteiger partial charge in [-0.2, -0.15) is 4.31 Å². The van der Waals surface area contributed by atoms with Crippen LogP contribution in [0.1, 0.15) is 121 Å². The fraction of sp³-hybridized carbons (Fsp3) is 0.667. The highest BCUT2D eigenvalue weighted by Gasteiger charge is 2.51. The van der Waals surface area contributed by atoms with E-state index >= 15 is 0 Å². The van der Waals surface area contributed by atoms with Crippen molar-refractivity contribution in [2.45, 2.75) is 147 Å². The number of Topliss-reactive ketones (excluding diaryl/α,β-unsaturated/α-hetero) is 1. The second kappa shape index (κ2) is 24.9. The number of imidazole rings is 1. The van der Waals surface area contributed by atoms with E-state index in [1.54, 1.807) is 0 Å². The number of hydrogen-bond donors (Lipinski definition) is 10. The Labute approximate surface area is 427 Å². The Hall–Kier alpha value is -4.10. The molecular formula is C45H68N7O19P3. The van der Waals surface area contributed by atoms with Crippen molar-refractivity contribution in [3.8, 4) is 0 Å². The number of fused-ring (bicyclic) bond motifs is 1. The first-order valence-electron chi connectivity index (χ1n) is 24.4. The first kappa shape index (κ1) is 59.1. The summed E-state index contributed by atoms with van der Waals surface area (Å²) in [4.78, 5) is 101. The minimum atomic E-state index is -5.60. The van der Waals surface area contributed by atoms with Gasteiger partial charge in [-0.1, -0.05) is 51.0 Å². The molecule has 3 heterocycles. The summed E-state index contributed by atoms with van der Waals surface area (Å²) < 4.78 is 62.7. The van der Waals surface area contributed by atoms with E-state index in [2.05, 4.69) is 58.7 Å². The van der Waals surface area contributed by atoms with Gasteiger partial charge in [-0.25, -0.2) is 28.6 Å². The molecule has 3 aromatic rings. The van der Waals surface area contributed by atoms with E-state index < -0.39 is 90.5 Å². The molecule has 6 rings (SSSR count). The topological polar surface area (TPSA) is 401 Å². The summed E-state index contributed by atoms with van der Waals surface area (Å²) in [7, 11) is -16.5. The molecule has 1 saturated heterocycles. The summed E-state index contributed by atoms with van der Waals surface area (Å²) in [6.07, 6.45) is 5.81. The Morgan fingerprint density at radius 1 is 0.865 bits per heavy atom. The van der Waals surface area contributed by atoms with Gasteiger partial charge in [0.25, 0.3) is 0 Å². The van der Waals surface area contributed by atoms with E-state index in [1.807, 2.05) is 0 Å². The fourth-order valence-corrected chi connectivity index (χ4v) is 12.0. The van der Waals surface area contributed by atoms with Crippen molar-refractivity contribution in [1.82, 2.24) is 30.2 Å². The first-order valence-corrected chi connectivity index (χ1v) is 28.9. The number of nitrogens with one attached hydrogen (secondary N) is 2. The highest BCUT2D eigenvalue weighted by Crippen LogP contribution is 2.61. The number of rotatable bonds is 33. The van der Waals surface area contributed by atoms with Crippen LogP contribution in [0.4, 0.5) is 5.82 Å². The number of ether oxygens (including phenoxy) is 1. The van der Waals surface area contributed by atoms with Gasteiger partial charge in [0, 0.05) is 37.8 Å². The lowest BCUT2D eigenvalue weighted by Crippen LogP contribution is -2.46. The number of aliphatic carboxylic acids is 1. The third-order valence-electron chi connectivity index (χ3n) is 13.7. The monoisotopic (exact) mass is 1100 g/mol. The third-order valence-corrected chi connectivity index (χ3v) is 16.8. The van der Waals surface area contributed by atoms with Gasteiger partial charge in [0.05, 0.1) is 26.0 Å². The molecule has 0 bridgehead atoms. The second-order valence-corrected chi connectivity index (χ2v) is 24.5. The van der Waals surface area contributed by atoms with Crippen LogP contribution in [-0.2, 0) is 68.3 Å². The number of carboxylic acids is 1. The molecule has 3 fully saturated rings. The quantitative estimate of drug-likeness (QED) is 0.0305. The highest BCUT2D eigenvalue weighted by molar-refractivity contribution is 7.61. The van der Waals surface area contributed by atoms with E-state index in [4.69, 9.17) is 19.5 Å². The molecule has 2 saturated carbocycles. The van der Waals surface area contributed by atoms with Crippen molar-refractivity contribution >= 4 is 64.0 Å². The molecule has 0 radical (unpaired) electrons. The van der Waals surface area contributed by atoms with Crippen LogP contribution in [0.3, 0.4) is 0 Å². The normalized spacial score (nSPS) is 22.1. The number of ketones is 1. The molecule has 7 unspecified atom stereocenters. The number of hydrogen-bond acceptors (Lipinski definition) is 18. The molecule has 74 heavy (non-hydrogen) atoms. The molecule has 2 aliphatic carbocycles. The van der Waals surface area contributed by atoms with Crippen LogP contribution in [0, 0.1) is 16.2 Å². The molecule has 0 spiro atoms. The number of phosphoric acid groups is 3. The van der Waals surface area contributed by atoms with Crippen LogP contribution >= 0.6 is 23.5 Å². The maximum Gasteiger partial charge on any atom is 0.481 e. The van der Waals surface area contributed by atoms with E-state index in [0.29, 0.717) is 6.42 Å². The second-order valence-electron chi connectivity index (χ2n) is 20.3. The van der Waals surface area contributed by atoms with Gasteiger partial charge in [-0.05, 0) is 86.2 Å². The van der Waals surface area contributed by atoms with Crippen molar-refractivity contribution in [2.75, 3.05) is 32.0 Å². The fourth-order valence-electron chi connectivity index (χ4n) is 9.17. The molecule has 1 aliphatic heterocycles. The van der Waals surface area contributed by atoms with Crippen LogP contribution in [0.5, 0.6) is 0 Å². The molecule has 7 atom stereocenters. The molecule has 2 amide bonds. The number of unbranched alkanes of at least 4 members (excludes halogenated alkanes) is 2. The van der Waals surface area contributed by atoms with E-state index in [9.17, 15) is 67.8 Å². The predicted molar refractivity (Wildman–Crippen MR) is 261 cm³/mol. The van der Waals surface area contributed by atoms with Crippen molar-refractivity contribution < 1.29 is 90.4 Å². The lowest BCUT2D eigenvalue weighted by atomic mass is 9.87. The minimum Gasteiger partial charge on any atom is -0.481 e. The largest absolute Gasteiger partial charge is 0.481 e. The Kier molecular flexibility index (Phi) is 19.9. The van der Waals surface area contributed by atoms with Gasteiger partial charge in [0.15, 0.2) is 17.7 Å². The van der Waals surface area contributed by atoms with Gasteiger partial charge in [-0.3, -0.25) is 37.3 Å². The average Bonchev–Trinajstić information content (AvgIpc) is 4.19. The van der Waals surface area contributed by atoms with Gasteiger partial charge in [0.1, 0.15) is 42.0 Å². The SMILES string of the molecule is CC(C)(COP(=O)(O)OP(=O)(O)OCC1OC(n2cnc3c(N)ncnc32)C(O)C1OP(=O)(O)O)C(O)C(=O)NCCC(=O)NCCC(=O)CC1(CCCCc2ccccc2CCCCC2(CC(=O)O)CC2)CC1. The number of nitrogens with two attached hydrogens (primary N) is 1. The number of nitrogens with zero attached hydrogens (tertiary/aromatic N) is 4. The smallest absolute Gasteiger partial charge is 0.481 e. The number of carboxylic acid groups (broad SMARTS) is 1. The van der Waals surface area contributed by atoms with Crippen LogP contribution in [0.2, 0.25) is 0 Å². The number of aliphatic hydroxyl groups excluding tert-OH is 2. The van der Waals surface area contributed by atoms with Crippen molar-refractivity contribution in [3.63, 3.8) is 0 Å². The zero-order valence-electron chi connectivity index (χ0n) is 41.2. The summed E-state index contributed by atoms with van der Waals surface area (Å²) >= 11 is 0. The molecule has 412 valence electrons. The van der Waals surface area contributed by atoms with Crippen LogP contribution in [0.15, 0.2) is 36.9 Å². The summed E-state index contributed by atoms with van der Waals surface area (Å²) in [6, 6.07) is 8.48. The van der Waals surface area contributed by atoms with E-state index in [1.165, 1.54) is 25.0 Å². The summed E-state index contributed by atoms with van der Waals surface area (Å²) in [5.74, 6) is -2.14. The average molecular weight is 1100 g/mol. The van der Waals surface area contributed by atoms with Crippen molar-refractivity contribution in [3.05, 3.63) is 48.0 Å². The molecular weight excluding hydrogens is 1040 g/mol. The third kappa shape index (κ3) is 17.5. The molecule has 29 heteroatoms. The van der Waals surface area contributed by atoms with Gasteiger partial charge >= 0.3 is 29.4 Å². The highest BCUT2D eigenvalue weighted by atomic mass is 31.3. The van der Waals surface area contributed by atoms with E-state index in [0.717, 1.165) is 94.3 Å². The van der Waals surface area contributed by atoms with Crippen molar-refractivity contribution in [2.24, 2.45) is 16.2 Å². The Morgan fingerprint density at radius 3 is 2.05 bits per heavy atom. The zero-order chi connectivity index (χ0) is 54.1. The number of aromatic nitrogens is 4. The molecule has 26 nitrogen and oxygen atoms in total.